The molecular weight excluding hydrogens is 380 g/mol. The predicted octanol–water partition coefficient (Wildman–Crippen LogP) is 2.38. The van der Waals surface area contributed by atoms with Gasteiger partial charge in [0.15, 0.2) is 0 Å². The average Bonchev–Trinajstić information content (AvgIpc) is 3.16. The first kappa shape index (κ1) is 18.2. The van der Waals surface area contributed by atoms with E-state index in [9.17, 15) is 14.4 Å². The fraction of sp³-hybridized carbons (Fsp3) is 0.200. The highest BCUT2D eigenvalue weighted by atomic mass is 35.5. The maximum absolute atomic E-state index is 12.7. The van der Waals surface area contributed by atoms with Crippen molar-refractivity contribution >= 4 is 40.1 Å². The van der Waals surface area contributed by atoms with Gasteiger partial charge in [0.1, 0.15) is 0 Å². The monoisotopic (exact) mass is 396 g/mol. The van der Waals surface area contributed by atoms with Gasteiger partial charge in [-0.3, -0.25) is 19.4 Å². The predicted molar refractivity (Wildman–Crippen MR) is 104 cm³/mol. The number of piperazine rings is 1. The molecule has 0 saturated carbocycles. The molecule has 1 saturated heterocycles. The van der Waals surface area contributed by atoms with Gasteiger partial charge in [-0.25, -0.2) is 0 Å². The molecule has 142 valence electrons. The molecule has 28 heavy (non-hydrogen) atoms. The fourth-order valence-corrected chi connectivity index (χ4v) is 3.53. The standard InChI is InChI=1S/C20H17ClN4O3/c21-14-3-1-2-13(10-14)19(27)24-6-8-25(9-7-24)20(28)18(26)16-11-23-17-12-22-5-4-15(16)17/h1-5,10-12,23H,6-9H2. The van der Waals surface area contributed by atoms with Crippen molar-refractivity contribution in [3.8, 4) is 0 Å². The second-order valence-corrected chi connectivity index (χ2v) is 6.98. The number of nitrogens with one attached hydrogen (secondary N) is 1. The van der Waals surface area contributed by atoms with Crippen molar-refractivity contribution in [2.45, 2.75) is 0 Å². The van der Waals surface area contributed by atoms with Crippen LogP contribution < -0.4 is 0 Å². The van der Waals surface area contributed by atoms with Crippen molar-refractivity contribution in [1.29, 1.82) is 0 Å². The number of hydrogen-bond donors (Lipinski definition) is 1. The summed E-state index contributed by atoms with van der Waals surface area (Å²) >= 11 is 5.95. The van der Waals surface area contributed by atoms with Crippen LogP contribution in [-0.4, -0.2) is 63.5 Å². The lowest BCUT2D eigenvalue weighted by Crippen LogP contribution is -2.52. The number of halogens is 1. The van der Waals surface area contributed by atoms with Crippen LogP contribution in [0.5, 0.6) is 0 Å². The lowest BCUT2D eigenvalue weighted by atomic mass is 10.1. The summed E-state index contributed by atoms with van der Waals surface area (Å²) in [5, 5.41) is 1.17. The molecule has 2 aromatic heterocycles. The summed E-state index contributed by atoms with van der Waals surface area (Å²) in [5.41, 5.74) is 1.55. The van der Waals surface area contributed by atoms with Crippen molar-refractivity contribution in [2.75, 3.05) is 26.2 Å². The topological polar surface area (TPSA) is 86.4 Å². The van der Waals surface area contributed by atoms with E-state index in [-0.39, 0.29) is 5.91 Å². The third-order valence-electron chi connectivity index (χ3n) is 4.85. The quantitative estimate of drug-likeness (QED) is 0.544. The summed E-state index contributed by atoms with van der Waals surface area (Å²) < 4.78 is 0. The van der Waals surface area contributed by atoms with Crippen LogP contribution in [0.3, 0.4) is 0 Å². The molecule has 1 N–H and O–H groups in total. The number of ketones is 1. The number of aromatic amines is 1. The van der Waals surface area contributed by atoms with Gasteiger partial charge in [-0.1, -0.05) is 17.7 Å². The molecule has 4 rings (SSSR count). The molecule has 2 amide bonds. The first-order valence-electron chi connectivity index (χ1n) is 8.84. The van der Waals surface area contributed by atoms with Crippen LogP contribution in [0.15, 0.2) is 48.9 Å². The number of carbonyl (C=O) groups excluding carboxylic acids is 3. The van der Waals surface area contributed by atoms with E-state index in [2.05, 4.69) is 9.97 Å². The summed E-state index contributed by atoms with van der Waals surface area (Å²) in [6.45, 7) is 1.34. The number of aromatic nitrogens is 2. The number of benzene rings is 1. The summed E-state index contributed by atoms with van der Waals surface area (Å²) in [7, 11) is 0. The van der Waals surface area contributed by atoms with Gasteiger partial charge in [-0.2, -0.15) is 0 Å². The number of Topliss-reactive ketones (excluding diaryl/α,β-unsaturated/α-hetero) is 1. The number of hydrogen-bond acceptors (Lipinski definition) is 4. The zero-order valence-electron chi connectivity index (χ0n) is 14.9. The second kappa shape index (κ2) is 7.44. The summed E-state index contributed by atoms with van der Waals surface area (Å²) in [6.07, 6.45) is 4.72. The maximum Gasteiger partial charge on any atom is 0.295 e. The molecule has 1 aromatic carbocycles. The summed E-state index contributed by atoms with van der Waals surface area (Å²) in [4.78, 5) is 48.0. The largest absolute Gasteiger partial charge is 0.359 e. The summed E-state index contributed by atoms with van der Waals surface area (Å²) in [5.74, 6) is -1.26. The normalized spacial score (nSPS) is 14.3. The molecule has 0 atom stereocenters. The van der Waals surface area contributed by atoms with Crippen molar-refractivity contribution in [3.05, 3.63) is 65.1 Å². The molecule has 3 aromatic rings. The van der Waals surface area contributed by atoms with Gasteiger partial charge in [0.05, 0.1) is 17.3 Å². The van der Waals surface area contributed by atoms with Gasteiger partial charge in [0.25, 0.3) is 17.6 Å². The van der Waals surface area contributed by atoms with Crippen LogP contribution in [-0.2, 0) is 4.79 Å². The van der Waals surface area contributed by atoms with Gasteiger partial charge < -0.3 is 14.8 Å². The number of pyridine rings is 1. The molecular formula is C20H17ClN4O3. The smallest absolute Gasteiger partial charge is 0.295 e. The minimum Gasteiger partial charge on any atom is -0.359 e. The zero-order chi connectivity index (χ0) is 19.7. The Morgan fingerprint density at radius 1 is 1.04 bits per heavy atom. The number of fused-ring (bicyclic) bond motifs is 1. The van der Waals surface area contributed by atoms with Crippen LogP contribution in [0.4, 0.5) is 0 Å². The Kier molecular flexibility index (Phi) is 4.83. The Morgan fingerprint density at radius 3 is 2.54 bits per heavy atom. The molecule has 1 aliphatic heterocycles. The third kappa shape index (κ3) is 3.36. The van der Waals surface area contributed by atoms with Crippen molar-refractivity contribution < 1.29 is 14.4 Å². The third-order valence-corrected chi connectivity index (χ3v) is 5.08. The molecule has 1 fully saturated rings. The van der Waals surface area contributed by atoms with Crippen molar-refractivity contribution in [3.63, 3.8) is 0 Å². The van der Waals surface area contributed by atoms with E-state index in [4.69, 9.17) is 11.6 Å². The molecule has 8 heteroatoms. The SMILES string of the molecule is O=C(C(=O)N1CCN(C(=O)c2cccc(Cl)c2)CC1)c1c[nH]c2cnccc12. The molecule has 7 nitrogen and oxygen atoms in total. The molecule has 0 spiro atoms. The Hall–Kier alpha value is -3.19. The van der Waals surface area contributed by atoms with E-state index in [1.807, 2.05) is 0 Å². The molecule has 0 unspecified atom stereocenters. The number of rotatable bonds is 3. The lowest BCUT2D eigenvalue weighted by molar-refractivity contribution is -0.127. The van der Waals surface area contributed by atoms with Crippen LogP contribution in [0.1, 0.15) is 20.7 Å². The lowest BCUT2D eigenvalue weighted by Gasteiger charge is -2.34. The minimum absolute atomic E-state index is 0.134. The summed E-state index contributed by atoms with van der Waals surface area (Å²) in [6, 6.07) is 8.47. The van der Waals surface area contributed by atoms with Gasteiger partial charge >= 0.3 is 0 Å². The van der Waals surface area contributed by atoms with E-state index in [0.717, 1.165) is 0 Å². The Morgan fingerprint density at radius 2 is 1.79 bits per heavy atom. The van der Waals surface area contributed by atoms with Gasteiger partial charge in [0, 0.05) is 54.5 Å². The highest BCUT2D eigenvalue weighted by molar-refractivity contribution is 6.44. The van der Waals surface area contributed by atoms with Gasteiger partial charge in [0.2, 0.25) is 0 Å². The van der Waals surface area contributed by atoms with Crippen molar-refractivity contribution in [2.24, 2.45) is 0 Å². The average molecular weight is 397 g/mol. The van der Waals surface area contributed by atoms with Crippen molar-refractivity contribution in [1.82, 2.24) is 19.8 Å². The number of H-pyrrole nitrogens is 1. The number of amides is 2. The first-order valence-corrected chi connectivity index (χ1v) is 9.22. The highest BCUT2D eigenvalue weighted by Crippen LogP contribution is 2.19. The van der Waals surface area contributed by atoms with E-state index < -0.39 is 11.7 Å². The van der Waals surface area contributed by atoms with Gasteiger partial charge in [-0.05, 0) is 24.3 Å². The Bertz CT molecular complexity index is 1070. The van der Waals surface area contributed by atoms with Crippen LogP contribution >= 0.6 is 11.6 Å². The van der Waals surface area contributed by atoms with E-state index >= 15 is 0 Å². The number of nitrogens with zero attached hydrogens (tertiary/aromatic N) is 3. The molecule has 0 radical (unpaired) electrons. The molecule has 0 aliphatic carbocycles. The molecule has 3 heterocycles. The molecule has 1 aliphatic rings. The van der Waals surface area contributed by atoms with E-state index in [0.29, 0.717) is 53.2 Å². The minimum atomic E-state index is -0.563. The Balaban J connectivity index is 1.42. The second-order valence-electron chi connectivity index (χ2n) is 6.55. The zero-order valence-corrected chi connectivity index (χ0v) is 15.6. The maximum atomic E-state index is 12.7. The molecule has 0 bridgehead atoms. The van der Waals surface area contributed by atoms with E-state index in [1.54, 1.807) is 47.6 Å². The van der Waals surface area contributed by atoms with Crippen LogP contribution in [0, 0.1) is 0 Å². The number of carbonyl (C=O) groups is 3. The highest BCUT2D eigenvalue weighted by Gasteiger charge is 2.30. The van der Waals surface area contributed by atoms with Crippen LogP contribution in [0.25, 0.3) is 10.9 Å². The first-order chi connectivity index (χ1) is 13.5. The Labute approximate surface area is 165 Å². The van der Waals surface area contributed by atoms with E-state index in [1.165, 1.54) is 11.1 Å². The van der Waals surface area contributed by atoms with Gasteiger partial charge in [-0.15, -0.1) is 0 Å². The fourth-order valence-electron chi connectivity index (χ4n) is 3.34. The van der Waals surface area contributed by atoms with Crippen LogP contribution in [0.2, 0.25) is 5.02 Å².